The second kappa shape index (κ2) is 11.1. The Hall–Kier alpha value is -4.10. The fourth-order valence-electron chi connectivity index (χ4n) is 5.09. The van der Waals surface area contributed by atoms with Gasteiger partial charge in [0.1, 0.15) is 11.6 Å². The molecule has 3 atom stereocenters. The molecular weight excluding hydrogens is 551 g/mol. The predicted octanol–water partition coefficient (Wildman–Crippen LogP) is 4.88. The van der Waals surface area contributed by atoms with Gasteiger partial charge in [0.15, 0.2) is 5.75 Å². The Morgan fingerprint density at radius 1 is 1.02 bits per heavy atom. The lowest BCUT2D eigenvalue weighted by atomic mass is 10.0. The number of nitrogens with zero attached hydrogens (tertiary/aromatic N) is 2. The first-order valence-electron chi connectivity index (χ1n) is 12.7. The van der Waals surface area contributed by atoms with Gasteiger partial charge in [0.25, 0.3) is 5.91 Å². The smallest absolute Gasteiger partial charge is 0.404 e. The number of hydrogen-bond acceptors (Lipinski definition) is 6. The zero-order valence-corrected chi connectivity index (χ0v) is 21.7. The minimum absolute atomic E-state index is 0.00594. The van der Waals surface area contributed by atoms with Crippen molar-refractivity contribution in [1.29, 1.82) is 0 Å². The molecule has 2 saturated heterocycles. The molecule has 2 fully saturated rings. The van der Waals surface area contributed by atoms with Crippen LogP contribution in [0.4, 0.5) is 27.6 Å². The average molecular weight is 577 g/mol. The summed E-state index contributed by atoms with van der Waals surface area (Å²) in [5.41, 5.74) is 5.22. The van der Waals surface area contributed by atoms with E-state index in [9.17, 15) is 31.5 Å². The van der Waals surface area contributed by atoms with E-state index in [-0.39, 0.29) is 46.0 Å². The van der Waals surface area contributed by atoms with Crippen molar-refractivity contribution >= 4 is 17.5 Å². The molecule has 5 rings (SSSR count). The molecule has 2 aromatic carbocycles. The van der Waals surface area contributed by atoms with Crippen molar-refractivity contribution in [3.05, 3.63) is 65.7 Å². The third-order valence-electron chi connectivity index (χ3n) is 7.05. The Morgan fingerprint density at radius 3 is 2.29 bits per heavy atom. The number of hydrogen-bond donors (Lipinski definition) is 2. The SMILES string of the molecule is CC(C(=O)Nc1cc(-c2nc(-c3cc(F)cc(F)c3)ccc2C(N)=O)ccc1OC(F)(F)F)N1CC2CCC(C1)O2. The molecule has 0 radical (unpaired) electrons. The highest BCUT2D eigenvalue weighted by atomic mass is 19.4. The number of nitrogens with one attached hydrogen (secondary N) is 1. The molecule has 8 nitrogen and oxygen atoms in total. The number of benzene rings is 2. The number of pyridine rings is 1. The quantitative estimate of drug-likeness (QED) is 0.389. The van der Waals surface area contributed by atoms with Gasteiger partial charge in [-0.2, -0.15) is 0 Å². The van der Waals surface area contributed by atoms with Crippen molar-refractivity contribution in [2.75, 3.05) is 18.4 Å². The fourth-order valence-corrected chi connectivity index (χ4v) is 5.09. The summed E-state index contributed by atoms with van der Waals surface area (Å²) in [4.78, 5) is 31.6. The number of fused-ring (bicyclic) bond motifs is 2. The Balaban J connectivity index is 1.52. The van der Waals surface area contributed by atoms with Crippen LogP contribution in [0.2, 0.25) is 0 Å². The second-order valence-corrected chi connectivity index (χ2v) is 9.95. The maximum absolute atomic E-state index is 13.8. The summed E-state index contributed by atoms with van der Waals surface area (Å²) in [6.07, 6.45) is -3.33. The van der Waals surface area contributed by atoms with Crippen molar-refractivity contribution in [3.8, 4) is 28.3 Å². The van der Waals surface area contributed by atoms with Crippen molar-refractivity contribution in [2.24, 2.45) is 5.73 Å². The molecule has 0 saturated carbocycles. The van der Waals surface area contributed by atoms with Crippen LogP contribution in [-0.2, 0) is 9.53 Å². The van der Waals surface area contributed by atoms with Crippen molar-refractivity contribution in [2.45, 2.75) is 44.4 Å². The van der Waals surface area contributed by atoms with E-state index >= 15 is 0 Å². The monoisotopic (exact) mass is 576 g/mol. The summed E-state index contributed by atoms with van der Waals surface area (Å²) >= 11 is 0. The molecule has 2 aliphatic rings. The van der Waals surface area contributed by atoms with Crippen LogP contribution >= 0.6 is 0 Å². The summed E-state index contributed by atoms with van der Waals surface area (Å²) in [6, 6.07) is 8.00. The molecule has 3 heterocycles. The van der Waals surface area contributed by atoms with E-state index in [4.69, 9.17) is 10.5 Å². The van der Waals surface area contributed by atoms with Crippen LogP contribution in [0.15, 0.2) is 48.5 Å². The Morgan fingerprint density at radius 2 is 1.68 bits per heavy atom. The molecule has 216 valence electrons. The number of carbonyl (C=O) groups excluding carboxylic acids is 2. The number of ether oxygens (including phenoxy) is 2. The van der Waals surface area contributed by atoms with E-state index in [0.29, 0.717) is 19.2 Å². The molecule has 3 unspecified atom stereocenters. The number of likely N-dealkylation sites (tertiary alicyclic amines) is 1. The zero-order valence-electron chi connectivity index (χ0n) is 21.7. The van der Waals surface area contributed by atoms with E-state index in [1.807, 2.05) is 4.90 Å². The maximum atomic E-state index is 13.8. The predicted molar refractivity (Wildman–Crippen MR) is 138 cm³/mol. The van der Waals surface area contributed by atoms with Crippen LogP contribution in [0, 0.1) is 11.6 Å². The molecule has 13 heteroatoms. The van der Waals surface area contributed by atoms with Crippen LogP contribution in [0.25, 0.3) is 22.5 Å². The summed E-state index contributed by atoms with van der Waals surface area (Å²) in [6.45, 7) is 2.66. The number of aromatic nitrogens is 1. The first-order chi connectivity index (χ1) is 19.4. The highest BCUT2D eigenvalue weighted by Crippen LogP contribution is 2.36. The molecular formula is C28H25F5N4O4. The number of nitrogens with two attached hydrogens (primary N) is 1. The lowest BCUT2D eigenvalue weighted by Crippen LogP contribution is -2.51. The third-order valence-corrected chi connectivity index (χ3v) is 7.05. The number of amides is 2. The highest BCUT2D eigenvalue weighted by Gasteiger charge is 2.38. The number of primary amides is 1. The Kier molecular flexibility index (Phi) is 7.66. The first-order valence-corrected chi connectivity index (χ1v) is 12.7. The van der Waals surface area contributed by atoms with Gasteiger partial charge >= 0.3 is 6.36 Å². The summed E-state index contributed by atoms with van der Waals surface area (Å²) in [7, 11) is 0. The van der Waals surface area contributed by atoms with Gasteiger partial charge in [0.05, 0.1) is 40.9 Å². The van der Waals surface area contributed by atoms with Crippen molar-refractivity contribution in [1.82, 2.24) is 9.88 Å². The topological polar surface area (TPSA) is 107 Å². The normalized spacial score (nSPS) is 19.6. The Bertz CT molecular complexity index is 1470. The van der Waals surface area contributed by atoms with Gasteiger partial charge in [0.2, 0.25) is 5.91 Å². The molecule has 0 aliphatic carbocycles. The molecule has 2 amide bonds. The van der Waals surface area contributed by atoms with Gasteiger partial charge in [0, 0.05) is 30.3 Å². The molecule has 41 heavy (non-hydrogen) atoms. The van der Waals surface area contributed by atoms with E-state index in [0.717, 1.165) is 31.0 Å². The van der Waals surface area contributed by atoms with Gasteiger partial charge in [-0.05, 0) is 62.2 Å². The minimum atomic E-state index is -5.06. The number of alkyl halides is 3. The van der Waals surface area contributed by atoms with Crippen LogP contribution in [-0.4, -0.2) is 59.4 Å². The van der Waals surface area contributed by atoms with Gasteiger partial charge in [-0.3, -0.25) is 14.5 Å². The average Bonchev–Trinajstić information content (AvgIpc) is 3.24. The van der Waals surface area contributed by atoms with Crippen LogP contribution in [0.1, 0.15) is 30.1 Å². The van der Waals surface area contributed by atoms with E-state index in [1.54, 1.807) is 6.92 Å². The molecule has 2 aliphatic heterocycles. The van der Waals surface area contributed by atoms with E-state index in [2.05, 4.69) is 15.0 Å². The molecule has 1 aromatic heterocycles. The molecule has 0 spiro atoms. The van der Waals surface area contributed by atoms with Gasteiger partial charge in [-0.1, -0.05) is 0 Å². The highest BCUT2D eigenvalue weighted by molar-refractivity contribution is 6.00. The van der Waals surface area contributed by atoms with E-state index in [1.165, 1.54) is 24.3 Å². The lowest BCUT2D eigenvalue weighted by molar-refractivity contribution is -0.274. The van der Waals surface area contributed by atoms with Crippen molar-refractivity contribution < 1.29 is 41.0 Å². The number of rotatable bonds is 7. The number of halogens is 5. The zero-order chi connectivity index (χ0) is 29.5. The number of anilines is 1. The van der Waals surface area contributed by atoms with Crippen LogP contribution in [0.3, 0.4) is 0 Å². The van der Waals surface area contributed by atoms with Gasteiger partial charge in [-0.15, -0.1) is 13.2 Å². The second-order valence-electron chi connectivity index (χ2n) is 9.95. The molecule has 2 bridgehead atoms. The number of morpholine rings is 1. The maximum Gasteiger partial charge on any atom is 0.573 e. The fraction of sp³-hybridized carbons (Fsp3) is 0.321. The number of carbonyl (C=O) groups is 2. The largest absolute Gasteiger partial charge is 0.573 e. The van der Waals surface area contributed by atoms with Crippen LogP contribution in [0.5, 0.6) is 5.75 Å². The Labute approximate surface area is 231 Å². The summed E-state index contributed by atoms with van der Waals surface area (Å²) in [5.74, 6) is -3.89. The molecule has 3 aromatic rings. The lowest BCUT2D eigenvalue weighted by Gasteiger charge is -2.35. The van der Waals surface area contributed by atoms with Gasteiger partial charge < -0.3 is 20.5 Å². The molecule has 3 N–H and O–H groups in total. The van der Waals surface area contributed by atoms with Crippen molar-refractivity contribution in [3.63, 3.8) is 0 Å². The summed E-state index contributed by atoms with van der Waals surface area (Å²) < 4.78 is 77.3. The summed E-state index contributed by atoms with van der Waals surface area (Å²) in [5, 5.41) is 2.51. The third kappa shape index (κ3) is 6.46. The first kappa shape index (κ1) is 28.4. The van der Waals surface area contributed by atoms with E-state index < -0.39 is 41.6 Å². The van der Waals surface area contributed by atoms with Crippen LogP contribution < -0.4 is 15.8 Å². The minimum Gasteiger partial charge on any atom is -0.404 e. The van der Waals surface area contributed by atoms with Gasteiger partial charge in [-0.25, -0.2) is 13.8 Å². The standard InChI is InChI=1S/C28H25F5N4O4/c1-14(37-12-19-3-4-20(13-37)40-19)27(39)36-23-10-15(2-7-24(23)41-28(31,32)33)25-21(26(34)38)5-6-22(35-25)16-8-17(29)11-18(30)9-16/h2,5-11,14,19-20H,3-4,12-13H2,1H3,(H2,34,38)(H,36,39).